The lowest BCUT2D eigenvalue weighted by Gasteiger charge is -2.17. The minimum absolute atomic E-state index is 0.00453. The molecule has 1 saturated carbocycles. The molecule has 0 radical (unpaired) electrons. The third kappa shape index (κ3) is 3.14. The molecule has 2 aromatic carbocycles. The van der Waals surface area contributed by atoms with E-state index in [4.69, 9.17) is 0 Å². The molecule has 0 unspecified atom stereocenters. The van der Waals surface area contributed by atoms with Crippen LogP contribution < -0.4 is 5.32 Å². The van der Waals surface area contributed by atoms with Gasteiger partial charge >= 0.3 is 0 Å². The van der Waals surface area contributed by atoms with E-state index < -0.39 is 0 Å². The summed E-state index contributed by atoms with van der Waals surface area (Å²) in [5, 5.41) is 3.16. The molecule has 6 heteroatoms. The van der Waals surface area contributed by atoms with Crippen molar-refractivity contribution in [1.29, 1.82) is 0 Å². The average Bonchev–Trinajstić information content (AvgIpc) is 3.12. The fraction of sp³-hybridized carbons (Fsp3) is 0.278. The third-order valence-corrected chi connectivity index (χ3v) is 4.98. The van der Waals surface area contributed by atoms with Gasteiger partial charge in [0.15, 0.2) is 0 Å². The molecule has 1 N–H and O–H groups in total. The van der Waals surface area contributed by atoms with E-state index in [2.05, 4.69) is 14.1 Å². The number of carbonyl (C=O) groups is 1. The summed E-state index contributed by atoms with van der Waals surface area (Å²) < 4.78 is 21.5. The molecule has 3 aromatic rings. The number of rotatable bonds is 5. The van der Waals surface area contributed by atoms with Gasteiger partial charge in [0.25, 0.3) is 0 Å². The number of fused-ring (bicyclic) bond motifs is 1. The van der Waals surface area contributed by atoms with E-state index in [1.807, 2.05) is 18.2 Å². The van der Waals surface area contributed by atoms with Crippen LogP contribution in [0.3, 0.4) is 0 Å². The average molecular weight is 341 g/mol. The van der Waals surface area contributed by atoms with E-state index in [0.29, 0.717) is 6.42 Å². The van der Waals surface area contributed by atoms with Gasteiger partial charge in [-0.25, -0.2) is 4.39 Å². The van der Waals surface area contributed by atoms with Crippen LogP contribution in [0.15, 0.2) is 42.5 Å². The lowest BCUT2D eigenvalue weighted by molar-refractivity contribution is -0.121. The zero-order valence-electron chi connectivity index (χ0n) is 13.0. The molecule has 4 rings (SSSR count). The molecule has 1 aromatic heterocycles. The molecule has 1 aliphatic rings. The van der Waals surface area contributed by atoms with Gasteiger partial charge in [-0.15, -0.1) is 0 Å². The molecule has 4 nitrogen and oxygen atoms in total. The molecular weight excluding hydrogens is 325 g/mol. The Labute approximate surface area is 143 Å². The topological polar surface area (TPSA) is 54.9 Å². The maximum Gasteiger partial charge on any atom is 0.224 e. The second-order valence-electron chi connectivity index (χ2n) is 6.36. The van der Waals surface area contributed by atoms with E-state index >= 15 is 0 Å². The quantitative estimate of drug-likeness (QED) is 0.775. The van der Waals surface area contributed by atoms with Crippen LogP contribution in [0.25, 0.3) is 11.0 Å². The summed E-state index contributed by atoms with van der Waals surface area (Å²) in [7, 11) is 0. The summed E-state index contributed by atoms with van der Waals surface area (Å²) in [6, 6.07) is 12.2. The minimum atomic E-state index is -0.238. The standard InChI is InChI=1S/C18H16FN3OS/c19-14-6-4-12(5-7-14)11-18(8-9-18)20-16(23)10-13-2-1-3-15-17(13)22-24-21-15/h1-7H,8-11H2,(H,20,23). The predicted molar refractivity (Wildman–Crippen MR) is 91.3 cm³/mol. The van der Waals surface area contributed by atoms with Crippen molar-refractivity contribution in [1.82, 2.24) is 14.1 Å². The Morgan fingerprint density at radius 3 is 2.71 bits per heavy atom. The maximum atomic E-state index is 13.0. The van der Waals surface area contributed by atoms with Crippen LogP contribution in [0.5, 0.6) is 0 Å². The maximum absolute atomic E-state index is 13.0. The van der Waals surface area contributed by atoms with E-state index in [9.17, 15) is 9.18 Å². The highest BCUT2D eigenvalue weighted by Gasteiger charge is 2.43. The van der Waals surface area contributed by atoms with Crippen LogP contribution in [0.2, 0.25) is 0 Å². The Kier molecular flexibility index (Phi) is 3.76. The highest BCUT2D eigenvalue weighted by atomic mass is 32.1. The minimum Gasteiger partial charge on any atom is -0.350 e. The smallest absolute Gasteiger partial charge is 0.224 e. The molecule has 0 saturated heterocycles. The Hall–Kier alpha value is -2.34. The first kappa shape index (κ1) is 15.2. The number of nitrogens with zero attached hydrogens (tertiary/aromatic N) is 2. The van der Waals surface area contributed by atoms with Gasteiger partial charge in [-0.2, -0.15) is 8.75 Å². The second kappa shape index (κ2) is 5.94. The second-order valence-corrected chi connectivity index (χ2v) is 6.89. The highest BCUT2D eigenvalue weighted by molar-refractivity contribution is 7.00. The normalized spacial score (nSPS) is 15.4. The van der Waals surface area contributed by atoms with Crippen LogP contribution in [0.1, 0.15) is 24.0 Å². The molecule has 0 atom stereocenters. The van der Waals surface area contributed by atoms with Crippen molar-refractivity contribution in [3.05, 3.63) is 59.4 Å². The summed E-state index contributed by atoms with van der Waals surface area (Å²) in [5.74, 6) is -0.243. The van der Waals surface area contributed by atoms with Gasteiger partial charge in [0.1, 0.15) is 16.9 Å². The molecule has 122 valence electrons. The Bertz CT molecular complexity index is 887. The van der Waals surface area contributed by atoms with Crippen molar-refractivity contribution in [2.24, 2.45) is 0 Å². The molecule has 1 amide bonds. The van der Waals surface area contributed by atoms with Gasteiger partial charge in [-0.05, 0) is 48.6 Å². The van der Waals surface area contributed by atoms with Crippen molar-refractivity contribution in [3.63, 3.8) is 0 Å². The number of hydrogen-bond acceptors (Lipinski definition) is 4. The highest BCUT2D eigenvalue weighted by Crippen LogP contribution is 2.38. The first-order valence-corrected chi connectivity index (χ1v) is 8.62. The summed E-state index contributed by atoms with van der Waals surface area (Å²) >= 11 is 1.16. The van der Waals surface area contributed by atoms with Crippen molar-refractivity contribution in [2.45, 2.75) is 31.2 Å². The van der Waals surface area contributed by atoms with Crippen LogP contribution in [0.4, 0.5) is 4.39 Å². The molecular formula is C18H16FN3OS. The zero-order valence-corrected chi connectivity index (χ0v) is 13.8. The van der Waals surface area contributed by atoms with E-state index in [1.54, 1.807) is 12.1 Å². The van der Waals surface area contributed by atoms with Gasteiger partial charge in [-0.3, -0.25) is 4.79 Å². The summed E-state index contributed by atoms with van der Waals surface area (Å²) in [6.45, 7) is 0. The summed E-state index contributed by atoms with van der Waals surface area (Å²) in [4.78, 5) is 12.5. The number of nitrogens with one attached hydrogen (secondary N) is 1. The van der Waals surface area contributed by atoms with Crippen LogP contribution >= 0.6 is 11.7 Å². The van der Waals surface area contributed by atoms with Gasteiger partial charge in [-0.1, -0.05) is 24.3 Å². The van der Waals surface area contributed by atoms with Crippen molar-refractivity contribution < 1.29 is 9.18 Å². The predicted octanol–water partition coefficient (Wildman–Crippen LogP) is 3.26. The largest absolute Gasteiger partial charge is 0.350 e. The summed E-state index contributed by atoms with van der Waals surface area (Å²) in [6.07, 6.45) is 2.95. The lowest BCUT2D eigenvalue weighted by atomic mass is 10.0. The van der Waals surface area contributed by atoms with Gasteiger partial charge in [0.05, 0.1) is 18.1 Å². The van der Waals surface area contributed by atoms with E-state index in [-0.39, 0.29) is 17.3 Å². The van der Waals surface area contributed by atoms with Crippen molar-refractivity contribution in [3.8, 4) is 0 Å². The number of amides is 1. The molecule has 24 heavy (non-hydrogen) atoms. The zero-order chi connectivity index (χ0) is 16.6. The van der Waals surface area contributed by atoms with Gasteiger partial charge < -0.3 is 5.32 Å². The molecule has 0 spiro atoms. The number of hydrogen-bond donors (Lipinski definition) is 1. The van der Waals surface area contributed by atoms with Gasteiger partial charge in [0.2, 0.25) is 5.91 Å². The number of aromatic nitrogens is 2. The van der Waals surface area contributed by atoms with E-state index in [1.165, 1.54) is 12.1 Å². The Morgan fingerprint density at radius 1 is 1.17 bits per heavy atom. The first-order chi connectivity index (χ1) is 11.6. The molecule has 1 aliphatic carbocycles. The fourth-order valence-electron chi connectivity index (χ4n) is 3.01. The van der Waals surface area contributed by atoms with Crippen LogP contribution in [-0.2, 0) is 17.6 Å². The number of halogens is 1. The molecule has 0 aliphatic heterocycles. The molecule has 1 fully saturated rings. The van der Waals surface area contributed by atoms with Crippen molar-refractivity contribution in [2.75, 3.05) is 0 Å². The number of carbonyl (C=O) groups excluding carboxylic acids is 1. The van der Waals surface area contributed by atoms with Crippen LogP contribution in [-0.4, -0.2) is 20.2 Å². The monoisotopic (exact) mass is 341 g/mol. The Balaban J connectivity index is 1.44. The van der Waals surface area contributed by atoms with Crippen molar-refractivity contribution >= 4 is 28.7 Å². The van der Waals surface area contributed by atoms with E-state index in [0.717, 1.165) is 53.2 Å². The SMILES string of the molecule is O=C(Cc1cccc2nsnc12)NC1(Cc2ccc(F)cc2)CC1. The molecule has 0 bridgehead atoms. The first-order valence-electron chi connectivity index (χ1n) is 7.89. The Morgan fingerprint density at radius 2 is 1.96 bits per heavy atom. The molecule has 1 heterocycles. The third-order valence-electron chi connectivity index (χ3n) is 4.43. The fourth-order valence-corrected chi connectivity index (χ4v) is 3.58. The number of benzene rings is 2. The lowest BCUT2D eigenvalue weighted by Crippen LogP contribution is -2.39. The van der Waals surface area contributed by atoms with Gasteiger partial charge in [0, 0.05) is 5.54 Å². The summed E-state index contributed by atoms with van der Waals surface area (Å²) in [5.41, 5.74) is 3.40. The van der Waals surface area contributed by atoms with Crippen LogP contribution in [0, 0.1) is 5.82 Å².